The van der Waals surface area contributed by atoms with E-state index in [1.807, 2.05) is 26.0 Å². The van der Waals surface area contributed by atoms with Gasteiger partial charge in [0.2, 0.25) is 5.91 Å². The first kappa shape index (κ1) is 22.4. The van der Waals surface area contributed by atoms with Gasteiger partial charge in [0, 0.05) is 60.9 Å². The number of likely N-dealkylation sites (tertiary alicyclic amines) is 1. The van der Waals surface area contributed by atoms with Crippen LogP contribution in [0.5, 0.6) is 0 Å². The van der Waals surface area contributed by atoms with Crippen molar-refractivity contribution in [1.82, 2.24) is 34.4 Å². The van der Waals surface area contributed by atoms with Crippen molar-refractivity contribution in [1.29, 1.82) is 0 Å². The normalized spacial score (nSPS) is 22.4. The monoisotopic (exact) mass is 496 g/mol. The molecule has 10 nitrogen and oxygen atoms in total. The van der Waals surface area contributed by atoms with E-state index in [-0.39, 0.29) is 11.3 Å². The van der Waals surface area contributed by atoms with Crippen molar-refractivity contribution in [3.8, 4) is 22.6 Å². The van der Waals surface area contributed by atoms with Gasteiger partial charge in [-0.1, -0.05) is 6.07 Å². The molecule has 3 aliphatic rings. The Morgan fingerprint density at radius 1 is 1.11 bits per heavy atom. The molecule has 3 aliphatic heterocycles. The van der Waals surface area contributed by atoms with Gasteiger partial charge in [-0.2, -0.15) is 0 Å². The summed E-state index contributed by atoms with van der Waals surface area (Å²) in [5.41, 5.74) is 5.20. The lowest BCUT2D eigenvalue weighted by atomic mass is 9.74. The van der Waals surface area contributed by atoms with Crippen molar-refractivity contribution in [2.75, 3.05) is 31.6 Å². The van der Waals surface area contributed by atoms with Crippen LogP contribution in [0.4, 0.5) is 5.69 Å². The van der Waals surface area contributed by atoms with E-state index in [1.54, 1.807) is 18.7 Å². The topological polar surface area (TPSA) is 111 Å². The second-order valence-electron chi connectivity index (χ2n) is 10.5. The average molecular weight is 497 g/mol. The molecule has 0 aliphatic carbocycles. The molecule has 6 heterocycles. The smallest absolute Gasteiger partial charge is 0.249 e. The molecular formula is C27H28N8O2. The predicted octanol–water partition coefficient (Wildman–Crippen LogP) is 3.17. The SMILES string of the molecule is CCn1c(-c2cnc(C)nc2)nc2c(-c3ccc4c(c3)C(C)(N3CC5(CCOC5)C3)C(=O)N4)ncnc21. The van der Waals surface area contributed by atoms with E-state index in [2.05, 4.69) is 47.7 Å². The van der Waals surface area contributed by atoms with Crippen LogP contribution in [0, 0.1) is 12.3 Å². The van der Waals surface area contributed by atoms with E-state index >= 15 is 0 Å². The maximum Gasteiger partial charge on any atom is 0.249 e. The number of aryl methyl sites for hydroxylation is 2. The third-order valence-corrected chi connectivity index (χ3v) is 8.27. The zero-order valence-corrected chi connectivity index (χ0v) is 21.2. The van der Waals surface area contributed by atoms with Crippen LogP contribution in [-0.2, 0) is 21.6 Å². The van der Waals surface area contributed by atoms with E-state index < -0.39 is 5.54 Å². The van der Waals surface area contributed by atoms with Crippen LogP contribution in [0.1, 0.15) is 31.7 Å². The minimum atomic E-state index is -0.738. The quantitative estimate of drug-likeness (QED) is 0.459. The second kappa shape index (κ2) is 7.87. The Labute approximate surface area is 214 Å². The molecule has 1 aromatic carbocycles. The van der Waals surface area contributed by atoms with Gasteiger partial charge < -0.3 is 14.6 Å². The molecule has 10 heteroatoms. The number of hydrogen-bond donors (Lipinski definition) is 1. The molecule has 1 N–H and O–H groups in total. The number of carbonyl (C=O) groups is 1. The second-order valence-corrected chi connectivity index (χ2v) is 10.5. The molecule has 1 unspecified atom stereocenters. The van der Waals surface area contributed by atoms with E-state index in [9.17, 15) is 4.79 Å². The van der Waals surface area contributed by atoms with Gasteiger partial charge in [0.1, 0.15) is 34.7 Å². The van der Waals surface area contributed by atoms with Crippen LogP contribution in [0.25, 0.3) is 33.8 Å². The van der Waals surface area contributed by atoms with E-state index in [4.69, 9.17) is 9.72 Å². The van der Waals surface area contributed by atoms with E-state index in [1.165, 1.54) is 0 Å². The van der Waals surface area contributed by atoms with Crippen LogP contribution in [0.3, 0.4) is 0 Å². The zero-order chi connectivity index (χ0) is 25.4. The van der Waals surface area contributed by atoms with Gasteiger partial charge in [0.15, 0.2) is 5.65 Å². The molecule has 0 radical (unpaired) electrons. The van der Waals surface area contributed by atoms with Gasteiger partial charge >= 0.3 is 0 Å². The molecule has 1 amide bonds. The molecule has 1 atom stereocenters. The molecule has 0 bridgehead atoms. The van der Waals surface area contributed by atoms with Gasteiger partial charge in [-0.05, 0) is 39.3 Å². The van der Waals surface area contributed by atoms with Crippen molar-refractivity contribution in [2.24, 2.45) is 5.41 Å². The molecule has 1 spiro atoms. The number of hydrogen-bond acceptors (Lipinski definition) is 8. The average Bonchev–Trinajstić information content (AvgIpc) is 3.59. The number of anilines is 1. The van der Waals surface area contributed by atoms with Crippen molar-refractivity contribution in [3.05, 3.63) is 48.3 Å². The maximum atomic E-state index is 13.3. The Bertz CT molecular complexity index is 1550. The van der Waals surface area contributed by atoms with E-state index in [0.29, 0.717) is 17.9 Å². The zero-order valence-electron chi connectivity index (χ0n) is 21.2. The molecule has 3 aromatic heterocycles. The number of carbonyl (C=O) groups excluding carboxylic acids is 1. The summed E-state index contributed by atoms with van der Waals surface area (Å²) < 4.78 is 7.72. The highest BCUT2D eigenvalue weighted by molar-refractivity contribution is 6.06. The summed E-state index contributed by atoms with van der Waals surface area (Å²) in [5.74, 6) is 1.48. The number of nitrogens with zero attached hydrogens (tertiary/aromatic N) is 7. The summed E-state index contributed by atoms with van der Waals surface area (Å²) in [4.78, 5) is 38.4. The van der Waals surface area contributed by atoms with Gasteiger partial charge in [0.05, 0.1) is 12.2 Å². The summed E-state index contributed by atoms with van der Waals surface area (Å²) in [6.07, 6.45) is 6.21. The van der Waals surface area contributed by atoms with Crippen LogP contribution >= 0.6 is 0 Å². The highest BCUT2D eigenvalue weighted by Crippen LogP contribution is 2.49. The van der Waals surface area contributed by atoms with Crippen molar-refractivity contribution < 1.29 is 9.53 Å². The highest BCUT2D eigenvalue weighted by atomic mass is 16.5. The number of nitrogens with one attached hydrogen (secondary N) is 1. The van der Waals surface area contributed by atoms with Gasteiger partial charge in [-0.25, -0.2) is 24.9 Å². The molecule has 2 fully saturated rings. The van der Waals surface area contributed by atoms with Crippen LogP contribution < -0.4 is 5.32 Å². The fourth-order valence-electron chi connectivity index (χ4n) is 6.04. The number of amides is 1. The largest absolute Gasteiger partial charge is 0.381 e. The molecule has 2 saturated heterocycles. The predicted molar refractivity (Wildman–Crippen MR) is 138 cm³/mol. The van der Waals surface area contributed by atoms with Gasteiger partial charge in [-0.3, -0.25) is 9.69 Å². The van der Waals surface area contributed by atoms with Crippen molar-refractivity contribution >= 4 is 22.8 Å². The summed E-state index contributed by atoms with van der Waals surface area (Å²) in [5, 5.41) is 3.10. The molecule has 37 heavy (non-hydrogen) atoms. The third-order valence-electron chi connectivity index (χ3n) is 8.27. The lowest BCUT2D eigenvalue weighted by Gasteiger charge is -2.53. The minimum absolute atomic E-state index is 0.0122. The number of imidazole rings is 1. The minimum Gasteiger partial charge on any atom is -0.381 e. The number of aromatic nitrogens is 6. The molecule has 0 saturated carbocycles. The Balaban J connectivity index is 1.32. The Hall–Kier alpha value is -3.76. The van der Waals surface area contributed by atoms with Crippen LogP contribution in [-0.4, -0.2) is 66.6 Å². The summed E-state index contributed by atoms with van der Waals surface area (Å²) in [6.45, 7) is 9.95. The molecular weight excluding hydrogens is 468 g/mol. The standard InChI is InChI=1S/C27H28N8O2/c1-4-35-23(18-10-28-16(2)29-11-18)33-22-21(30-15-31-24(22)35)17-5-6-20-19(9-17)26(3,25(36)32-20)34-12-27(13-34)7-8-37-14-27/h5-6,9-11,15H,4,7-8,12-14H2,1-3H3,(H,32,36). The fourth-order valence-corrected chi connectivity index (χ4v) is 6.04. The number of rotatable bonds is 4. The molecule has 7 rings (SSSR count). The fraction of sp³-hybridized carbons (Fsp3) is 0.407. The number of ether oxygens (including phenoxy) is 1. The first-order valence-electron chi connectivity index (χ1n) is 12.7. The van der Waals surface area contributed by atoms with E-state index in [0.717, 1.165) is 72.3 Å². The third kappa shape index (κ3) is 3.18. The van der Waals surface area contributed by atoms with Crippen molar-refractivity contribution in [3.63, 3.8) is 0 Å². The lowest BCUT2D eigenvalue weighted by Crippen LogP contribution is -2.65. The lowest BCUT2D eigenvalue weighted by molar-refractivity contribution is -0.138. The van der Waals surface area contributed by atoms with Crippen LogP contribution in [0.2, 0.25) is 0 Å². The van der Waals surface area contributed by atoms with Gasteiger partial charge in [-0.15, -0.1) is 0 Å². The molecule has 188 valence electrons. The highest BCUT2D eigenvalue weighted by Gasteiger charge is 2.57. The Morgan fingerprint density at radius 3 is 2.65 bits per heavy atom. The summed E-state index contributed by atoms with van der Waals surface area (Å²) in [7, 11) is 0. The summed E-state index contributed by atoms with van der Waals surface area (Å²) in [6, 6.07) is 6.06. The van der Waals surface area contributed by atoms with Crippen LogP contribution in [0.15, 0.2) is 36.9 Å². The summed E-state index contributed by atoms with van der Waals surface area (Å²) >= 11 is 0. The maximum absolute atomic E-state index is 13.3. The first-order chi connectivity index (χ1) is 17.9. The Morgan fingerprint density at radius 2 is 1.92 bits per heavy atom. The van der Waals surface area contributed by atoms with Gasteiger partial charge in [0.25, 0.3) is 0 Å². The first-order valence-corrected chi connectivity index (χ1v) is 12.7. The number of fused-ring (bicyclic) bond motifs is 2. The van der Waals surface area contributed by atoms with Crippen molar-refractivity contribution in [2.45, 2.75) is 39.3 Å². The number of benzene rings is 1. The molecule has 4 aromatic rings. The Kier molecular flexibility index (Phi) is 4.77.